The van der Waals surface area contributed by atoms with Crippen LogP contribution in [0, 0.1) is 0 Å². The lowest BCUT2D eigenvalue weighted by Gasteiger charge is -2.27. The summed E-state index contributed by atoms with van der Waals surface area (Å²) in [6, 6.07) is 6.44. The Kier molecular flexibility index (Phi) is 6.17. The molecule has 2 atom stereocenters. The molecule has 6 nitrogen and oxygen atoms in total. The van der Waals surface area contributed by atoms with Gasteiger partial charge in [0.2, 0.25) is 5.91 Å². The Labute approximate surface area is 124 Å². The van der Waals surface area contributed by atoms with Crippen LogP contribution in [0.1, 0.15) is 18.9 Å². The van der Waals surface area contributed by atoms with Crippen LogP contribution in [-0.4, -0.2) is 48.1 Å². The van der Waals surface area contributed by atoms with Crippen LogP contribution in [0.3, 0.4) is 0 Å². The van der Waals surface area contributed by atoms with E-state index in [9.17, 15) is 9.59 Å². The number of ether oxygens (including phenoxy) is 1. The second-order valence-corrected chi connectivity index (χ2v) is 5.02. The Morgan fingerprint density at radius 2 is 2.00 bits per heavy atom. The number of nitrogens with zero attached hydrogens (tertiary/aromatic N) is 1. The van der Waals surface area contributed by atoms with Gasteiger partial charge in [-0.05, 0) is 25.0 Å². The van der Waals surface area contributed by atoms with Gasteiger partial charge in [0.1, 0.15) is 5.75 Å². The van der Waals surface area contributed by atoms with Crippen molar-refractivity contribution in [2.75, 3.05) is 14.2 Å². The number of likely N-dealkylation sites (N-methyl/N-ethyl adjacent to an activating group) is 1. The molecule has 1 aromatic carbocycles. The van der Waals surface area contributed by atoms with E-state index >= 15 is 0 Å². The third kappa shape index (κ3) is 4.75. The highest BCUT2D eigenvalue weighted by Gasteiger charge is 2.24. The van der Waals surface area contributed by atoms with Crippen molar-refractivity contribution in [3.8, 4) is 5.75 Å². The molecule has 0 radical (unpaired) electrons. The standard InChI is InChI=1S/C15H22N2O4/c1-10(8-11-6-4-5-7-13(11)21-3)17(2)15(20)12(16)9-14(18)19/h4-7,10,12H,8-9,16H2,1-3H3,(H,18,19). The van der Waals surface area contributed by atoms with E-state index in [2.05, 4.69) is 0 Å². The minimum Gasteiger partial charge on any atom is -0.496 e. The fraction of sp³-hybridized carbons (Fsp3) is 0.467. The maximum absolute atomic E-state index is 12.1. The van der Waals surface area contributed by atoms with Crippen molar-refractivity contribution in [3.63, 3.8) is 0 Å². The van der Waals surface area contributed by atoms with Crippen LogP contribution in [0.15, 0.2) is 24.3 Å². The Hall–Kier alpha value is -2.08. The van der Waals surface area contributed by atoms with Crippen molar-refractivity contribution in [2.45, 2.75) is 31.8 Å². The number of carboxylic acids is 1. The quantitative estimate of drug-likeness (QED) is 0.779. The van der Waals surface area contributed by atoms with Gasteiger partial charge < -0.3 is 20.5 Å². The molecule has 3 N–H and O–H groups in total. The Morgan fingerprint density at radius 1 is 1.38 bits per heavy atom. The number of para-hydroxylation sites is 1. The second kappa shape index (κ2) is 7.64. The van der Waals surface area contributed by atoms with Crippen molar-refractivity contribution in [1.29, 1.82) is 0 Å². The summed E-state index contributed by atoms with van der Waals surface area (Å²) in [5, 5.41) is 8.69. The molecule has 2 unspecified atom stereocenters. The van der Waals surface area contributed by atoms with Gasteiger partial charge in [-0.1, -0.05) is 18.2 Å². The second-order valence-electron chi connectivity index (χ2n) is 5.02. The zero-order chi connectivity index (χ0) is 16.0. The average molecular weight is 294 g/mol. The van der Waals surface area contributed by atoms with Gasteiger partial charge in [-0.15, -0.1) is 0 Å². The molecule has 0 fully saturated rings. The first-order valence-electron chi connectivity index (χ1n) is 6.72. The number of nitrogens with two attached hydrogens (primary N) is 1. The molecule has 0 aliphatic heterocycles. The third-order valence-corrected chi connectivity index (χ3v) is 3.43. The lowest BCUT2D eigenvalue weighted by atomic mass is 10.0. The molecule has 0 aliphatic carbocycles. The topological polar surface area (TPSA) is 92.9 Å². The SMILES string of the molecule is COc1ccccc1CC(C)N(C)C(=O)C(N)CC(=O)O. The molecule has 0 spiro atoms. The van der Waals surface area contributed by atoms with Gasteiger partial charge >= 0.3 is 5.97 Å². The molecule has 1 amide bonds. The average Bonchev–Trinajstić information content (AvgIpc) is 2.45. The number of benzene rings is 1. The van der Waals surface area contributed by atoms with E-state index in [1.54, 1.807) is 14.2 Å². The molecule has 116 valence electrons. The first-order valence-corrected chi connectivity index (χ1v) is 6.72. The van der Waals surface area contributed by atoms with Gasteiger partial charge in [0, 0.05) is 13.1 Å². The Balaban J connectivity index is 2.72. The summed E-state index contributed by atoms with van der Waals surface area (Å²) in [5.74, 6) is -0.693. The zero-order valence-corrected chi connectivity index (χ0v) is 12.6. The maximum Gasteiger partial charge on any atom is 0.305 e. The number of carbonyl (C=O) groups is 2. The summed E-state index contributed by atoms with van der Waals surface area (Å²) in [6.07, 6.45) is 0.233. The zero-order valence-electron chi connectivity index (χ0n) is 12.6. The molecule has 6 heteroatoms. The van der Waals surface area contributed by atoms with Gasteiger partial charge in [0.25, 0.3) is 0 Å². The van der Waals surface area contributed by atoms with Crippen LogP contribution in [0.2, 0.25) is 0 Å². The number of carboxylic acid groups (broad SMARTS) is 1. The third-order valence-electron chi connectivity index (χ3n) is 3.43. The van der Waals surface area contributed by atoms with E-state index in [1.165, 1.54) is 4.90 Å². The molecule has 0 saturated carbocycles. The summed E-state index contributed by atoms with van der Waals surface area (Å²) >= 11 is 0. The van der Waals surface area contributed by atoms with Gasteiger partial charge in [-0.2, -0.15) is 0 Å². The highest BCUT2D eigenvalue weighted by atomic mass is 16.5. The largest absolute Gasteiger partial charge is 0.496 e. The van der Waals surface area contributed by atoms with Crippen molar-refractivity contribution >= 4 is 11.9 Å². The number of methoxy groups -OCH3 is 1. The predicted octanol–water partition coefficient (Wildman–Crippen LogP) is 0.887. The summed E-state index contributed by atoms with van der Waals surface area (Å²) in [7, 11) is 3.23. The van der Waals surface area contributed by atoms with Crippen LogP contribution in [0.25, 0.3) is 0 Å². The van der Waals surface area contributed by atoms with E-state index in [1.807, 2.05) is 31.2 Å². The maximum atomic E-state index is 12.1. The molecule has 0 heterocycles. The van der Waals surface area contributed by atoms with Gasteiger partial charge in [-0.25, -0.2) is 0 Å². The fourth-order valence-electron chi connectivity index (χ4n) is 2.08. The molecule has 0 bridgehead atoms. The number of aliphatic carboxylic acids is 1. The number of amides is 1. The van der Waals surface area contributed by atoms with Crippen LogP contribution in [0.5, 0.6) is 5.75 Å². The number of hydrogen-bond donors (Lipinski definition) is 2. The van der Waals surface area contributed by atoms with Crippen LogP contribution in [0.4, 0.5) is 0 Å². The minimum absolute atomic E-state index is 0.117. The lowest BCUT2D eigenvalue weighted by Crippen LogP contribution is -2.47. The van der Waals surface area contributed by atoms with Crippen LogP contribution >= 0.6 is 0 Å². The van der Waals surface area contributed by atoms with Crippen molar-refractivity contribution in [1.82, 2.24) is 4.90 Å². The van der Waals surface area contributed by atoms with E-state index in [4.69, 9.17) is 15.6 Å². The van der Waals surface area contributed by atoms with Crippen molar-refractivity contribution in [3.05, 3.63) is 29.8 Å². The van der Waals surface area contributed by atoms with E-state index in [0.717, 1.165) is 11.3 Å². The molecule has 21 heavy (non-hydrogen) atoms. The number of carbonyl (C=O) groups excluding carboxylic acids is 1. The molecule has 1 aromatic rings. The van der Waals surface area contributed by atoms with Gasteiger partial charge in [0.15, 0.2) is 0 Å². The number of hydrogen-bond acceptors (Lipinski definition) is 4. The first kappa shape index (κ1) is 17.0. The molecule has 0 aliphatic rings. The normalized spacial score (nSPS) is 13.3. The smallest absolute Gasteiger partial charge is 0.305 e. The monoisotopic (exact) mass is 294 g/mol. The lowest BCUT2D eigenvalue weighted by molar-refractivity contribution is -0.142. The van der Waals surface area contributed by atoms with E-state index in [-0.39, 0.29) is 18.4 Å². The molecule has 1 rings (SSSR count). The molecular weight excluding hydrogens is 272 g/mol. The van der Waals surface area contributed by atoms with Crippen molar-refractivity contribution in [2.24, 2.45) is 5.73 Å². The van der Waals surface area contributed by atoms with Gasteiger partial charge in [0.05, 0.1) is 19.6 Å². The predicted molar refractivity (Wildman–Crippen MR) is 79.2 cm³/mol. The minimum atomic E-state index is -1.08. The van der Waals surface area contributed by atoms with E-state index < -0.39 is 12.0 Å². The molecule has 0 saturated heterocycles. The van der Waals surface area contributed by atoms with Gasteiger partial charge in [-0.3, -0.25) is 9.59 Å². The van der Waals surface area contributed by atoms with Crippen LogP contribution in [-0.2, 0) is 16.0 Å². The molecule has 0 aromatic heterocycles. The number of rotatable bonds is 7. The van der Waals surface area contributed by atoms with Crippen molar-refractivity contribution < 1.29 is 19.4 Å². The summed E-state index contributed by atoms with van der Waals surface area (Å²) < 4.78 is 5.28. The highest BCUT2D eigenvalue weighted by Crippen LogP contribution is 2.20. The molecular formula is C15H22N2O4. The Bertz CT molecular complexity index is 504. The first-order chi connectivity index (χ1) is 9.86. The van der Waals surface area contributed by atoms with Crippen LogP contribution < -0.4 is 10.5 Å². The fourth-order valence-corrected chi connectivity index (χ4v) is 2.08. The summed E-state index contributed by atoms with van der Waals surface area (Å²) in [5.41, 5.74) is 6.59. The summed E-state index contributed by atoms with van der Waals surface area (Å²) in [4.78, 5) is 24.2. The van der Waals surface area contributed by atoms with E-state index in [0.29, 0.717) is 6.42 Å². The summed E-state index contributed by atoms with van der Waals surface area (Å²) in [6.45, 7) is 1.89. The highest BCUT2D eigenvalue weighted by molar-refractivity contribution is 5.86. The Morgan fingerprint density at radius 3 is 2.57 bits per heavy atom.